The summed E-state index contributed by atoms with van der Waals surface area (Å²) < 4.78 is 32.3. The van der Waals surface area contributed by atoms with Crippen LogP contribution in [0.5, 0.6) is 0 Å². The van der Waals surface area contributed by atoms with Gasteiger partial charge in [-0.1, -0.05) is 84.0 Å². The molecule has 0 aliphatic carbocycles. The number of rotatable bonds is 32. The molecule has 0 unspecified atom stereocenters. The highest BCUT2D eigenvalue weighted by Crippen LogP contribution is 2.13. The normalized spacial score (nSPS) is 13.0. The van der Waals surface area contributed by atoms with Crippen molar-refractivity contribution in [2.24, 2.45) is 0 Å². The number of imide groups is 1. The van der Waals surface area contributed by atoms with Crippen LogP contribution in [0.25, 0.3) is 0 Å². The van der Waals surface area contributed by atoms with Crippen LogP contribution in [0.1, 0.15) is 96.8 Å². The van der Waals surface area contributed by atoms with Crippen LogP contribution in [0.15, 0.2) is 12.2 Å². The van der Waals surface area contributed by atoms with E-state index >= 15 is 0 Å². The average molecular weight is 600 g/mol. The van der Waals surface area contributed by atoms with Gasteiger partial charge in [-0.3, -0.25) is 19.3 Å². The molecule has 2 amide bonds. The quantitative estimate of drug-likeness (QED) is 0.0598. The van der Waals surface area contributed by atoms with Gasteiger partial charge in [0.1, 0.15) is 6.61 Å². The van der Waals surface area contributed by atoms with Gasteiger partial charge in [-0.15, -0.1) is 0 Å². The fourth-order valence-corrected chi connectivity index (χ4v) is 4.36. The Hall–Kier alpha value is -1.85. The summed E-state index contributed by atoms with van der Waals surface area (Å²) in [6.07, 6.45) is 19.8. The summed E-state index contributed by atoms with van der Waals surface area (Å²) in [7, 11) is 0. The lowest BCUT2D eigenvalue weighted by Crippen LogP contribution is -2.33. The van der Waals surface area contributed by atoms with Crippen molar-refractivity contribution in [1.82, 2.24) is 4.90 Å². The zero-order chi connectivity index (χ0) is 30.4. The number of nitrogens with zero attached hydrogens (tertiary/aromatic N) is 1. The van der Waals surface area contributed by atoms with Gasteiger partial charge in [-0.05, 0) is 6.42 Å². The van der Waals surface area contributed by atoms with Crippen molar-refractivity contribution in [2.45, 2.75) is 96.8 Å². The number of ether oxygens (including phenoxy) is 6. The van der Waals surface area contributed by atoms with Gasteiger partial charge in [-0.25, -0.2) is 0 Å². The van der Waals surface area contributed by atoms with Gasteiger partial charge in [0.2, 0.25) is 0 Å². The fraction of sp³-hybridized carbons (Fsp3) is 0.844. The Balaban J connectivity index is 1.69. The van der Waals surface area contributed by atoms with Gasteiger partial charge < -0.3 is 28.4 Å². The summed E-state index contributed by atoms with van der Waals surface area (Å²) in [4.78, 5) is 35.7. The second-order valence-corrected chi connectivity index (χ2v) is 10.4. The first kappa shape index (κ1) is 38.2. The number of unbranched alkanes of at least 4 members (excludes halogenated alkanes) is 12. The van der Waals surface area contributed by atoms with E-state index in [0.717, 1.165) is 17.7 Å². The summed E-state index contributed by atoms with van der Waals surface area (Å²) >= 11 is 0. The topological polar surface area (TPSA) is 110 Å². The first-order chi connectivity index (χ1) is 20.6. The maximum absolute atomic E-state index is 11.8. The second-order valence-electron chi connectivity index (χ2n) is 10.4. The molecule has 0 aromatic heterocycles. The smallest absolute Gasteiger partial charge is 0.305 e. The van der Waals surface area contributed by atoms with E-state index < -0.39 is 0 Å². The molecule has 0 saturated heterocycles. The maximum Gasteiger partial charge on any atom is 0.305 e. The van der Waals surface area contributed by atoms with Gasteiger partial charge in [0.15, 0.2) is 0 Å². The first-order valence-electron chi connectivity index (χ1n) is 16.2. The van der Waals surface area contributed by atoms with Crippen LogP contribution in [0, 0.1) is 0 Å². The van der Waals surface area contributed by atoms with Gasteiger partial charge >= 0.3 is 5.97 Å². The predicted molar refractivity (Wildman–Crippen MR) is 161 cm³/mol. The number of carbonyl (C=O) groups is 3. The third kappa shape index (κ3) is 23.7. The van der Waals surface area contributed by atoms with E-state index in [4.69, 9.17) is 28.4 Å². The summed E-state index contributed by atoms with van der Waals surface area (Å²) in [6.45, 7) is 6.93. The van der Waals surface area contributed by atoms with Crippen LogP contribution in [0.3, 0.4) is 0 Å². The Morgan fingerprint density at radius 3 is 1.31 bits per heavy atom. The van der Waals surface area contributed by atoms with Crippen molar-refractivity contribution >= 4 is 17.8 Å². The highest BCUT2D eigenvalue weighted by Gasteiger charge is 2.22. The first-order valence-corrected chi connectivity index (χ1v) is 16.2. The molecule has 244 valence electrons. The Morgan fingerprint density at radius 1 is 0.524 bits per heavy atom. The molecular weight excluding hydrogens is 542 g/mol. The molecular formula is C32H57NO9. The van der Waals surface area contributed by atoms with Gasteiger partial charge in [0.25, 0.3) is 11.8 Å². The molecule has 0 N–H and O–H groups in total. The monoisotopic (exact) mass is 599 g/mol. The largest absolute Gasteiger partial charge is 0.463 e. The Kier molecular flexibility index (Phi) is 26.6. The highest BCUT2D eigenvalue weighted by molar-refractivity contribution is 6.12. The third-order valence-corrected chi connectivity index (χ3v) is 6.82. The van der Waals surface area contributed by atoms with Crippen LogP contribution < -0.4 is 0 Å². The maximum atomic E-state index is 11.8. The standard InChI is InChI=1S/C32H57NO9/c1-2-3-4-5-6-7-8-9-10-11-12-13-14-15-32(36)42-29-28-41-27-26-40-25-24-39-23-22-38-21-20-37-19-18-33-30(34)16-17-31(33)35/h16-17H,2-15,18-29H2,1H3. The summed E-state index contributed by atoms with van der Waals surface area (Å²) in [5.41, 5.74) is 0. The second kappa shape index (κ2) is 29.2. The Labute approximate surface area is 253 Å². The molecule has 0 aromatic carbocycles. The minimum absolute atomic E-state index is 0.141. The Bertz CT molecular complexity index is 683. The van der Waals surface area contributed by atoms with Gasteiger partial charge in [-0.2, -0.15) is 0 Å². The molecule has 0 bridgehead atoms. The lowest BCUT2D eigenvalue weighted by atomic mass is 10.0. The van der Waals surface area contributed by atoms with Gasteiger partial charge in [0.05, 0.1) is 72.6 Å². The van der Waals surface area contributed by atoms with Crippen LogP contribution >= 0.6 is 0 Å². The van der Waals surface area contributed by atoms with E-state index in [1.54, 1.807) is 0 Å². The molecule has 0 atom stereocenters. The minimum atomic E-state index is -0.304. The molecule has 0 aromatic rings. The summed E-state index contributed by atoms with van der Waals surface area (Å²) in [6, 6.07) is 0. The van der Waals surface area contributed by atoms with E-state index in [2.05, 4.69) is 6.92 Å². The van der Waals surface area contributed by atoms with Crippen LogP contribution in [0.4, 0.5) is 0 Å². The number of carbonyl (C=O) groups excluding carboxylic acids is 3. The highest BCUT2D eigenvalue weighted by atomic mass is 16.6. The zero-order valence-corrected chi connectivity index (χ0v) is 26.2. The third-order valence-electron chi connectivity index (χ3n) is 6.82. The van der Waals surface area contributed by atoms with Crippen LogP contribution in [-0.4, -0.2) is 102 Å². The molecule has 1 rings (SSSR count). The van der Waals surface area contributed by atoms with Crippen molar-refractivity contribution in [2.75, 3.05) is 79.2 Å². The Morgan fingerprint density at radius 2 is 0.881 bits per heavy atom. The van der Waals surface area contributed by atoms with Crippen molar-refractivity contribution in [3.8, 4) is 0 Å². The molecule has 1 heterocycles. The van der Waals surface area contributed by atoms with Gasteiger partial charge in [0, 0.05) is 18.6 Å². The zero-order valence-electron chi connectivity index (χ0n) is 26.2. The minimum Gasteiger partial charge on any atom is -0.463 e. The molecule has 0 saturated carbocycles. The molecule has 1 aliphatic heterocycles. The molecule has 42 heavy (non-hydrogen) atoms. The predicted octanol–water partition coefficient (Wildman–Crippen LogP) is 5.02. The van der Waals surface area contributed by atoms with E-state index in [9.17, 15) is 14.4 Å². The number of hydrogen-bond donors (Lipinski definition) is 0. The number of esters is 1. The van der Waals surface area contributed by atoms with E-state index in [0.29, 0.717) is 65.9 Å². The van der Waals surface area contributed by atoms with Crippen molar-refractivity contribution in [3.63, 3.8) is 0 Å². The SMILES string of the molecule is CCCCCCCCCCCCCCCC(=O)OCCOCCOCCOCCOCCOCCN1C(=O)C=CC1=O. The van der Waals surface area contributed by atoms with E-state index in [-0.39, 0.29) is 37.5 Å². The van der Waals surface area contributed by atoms with Crippen molar-refractivity contribution in [3.05, 3.63) is 12.2 Å². The lowest BCUT2D eigenvalue weighted by Gasteiger charge is -2.13. The molecule has 10 nitrogen and oxygen atoms in total. The van der Waals surface area contributed by atoms with E-state index in [1.807, 2.05) is 0 Å². The lowest BCUT2D eigenvalue weighted by molar-refractivity contribution is -0.145. The molecule has 0 spiro atoms. The fourth-order valence-electron chi connectivity index (χ4n) is 4.36. The van der Waals surface area contributed by atoms with E-state index in [1.165, 1.54) is 82.8 Å². The molecule has 10 heteroatoms. The summed E-state index contributed by atoms with van der Waals surface area (Å²) in [5.74, 6) is -0.750. The molecule has 0 radical (unpaired) electrons. The average Bonchev–Trinajstić information content (AvgIpc) is 3.31. The van der Waals surface area contributed by atoms with Crippen molar-refractivity contribution < 1.29 is 42.8 Å². The van der Waals surface area contributed by atoms with Crippen LogP contribution in [0.2, 0.25) is 0 Å². The number of hydrogen-bond acceptors (Lipinski definition) is 9. The van der Waals surface area contributed by atoms with Crippen LogP contribution in [-0.2, 0) is 42.8 Å². The van der Waals surface area contributed by atoms with Crippen molar-refractivity contribution in [1.29, 1.82) is 0 Å². The number of amides is 2. The molecule has 1 aliphatic rings. The summed E-state index contributed by atoms with van der Waals surface area (Å²) in [5, 5.41) is 0. The molecule has 0 fully saturated rings.